The smallest absolute Gasteiger partial charge is 0.237 e. The molecule has 0 unspecified atom stereocenters. The minimum atomic E-state index is -0.380. The average molecular weight is 418 g/mol. The van der Waals surface area contributed by atoms with Gasteiger partial charge in [0.1, 0.15) is 0 Å². The van der Waals surface area contributed by atoms with Gasteiger partial charge < -0.3 is 10.1 Å². The normalized spacial score (nSPS) is 12.0. The number of nitrogens with one attached hydrogen (secondary N) is 1. The van der Waals surface area contributed by atoms with E-state index in [-0.39, 0.29) is 11.2 Å². The fraction of sp³-hybridized carbons (Fsp3) is 0.263. The second-order valence-corrected chi connectivity index (χ2v) is 7.69. The van der Waals surface area contributed by atoms with Gasteiger partial charge in [0.15, 0.2) is 11.0 Å². The third-order valence-corrected chi connectivity index (χ3v) is 5.23. The van der Waals surface area contributed by atoms with Crippen molar-refractivity contribution in [3.63, 3.8) is 0 Å². The van der Waals surface area contributed by atoms with Gasteiger partial charge in [0.05, 0.1) is 18.4 Å². The standard InChI is InChI=1S/C19H20ClN5O2S/c1-13(18(26)22-16-5-3-4-15(20)12-16)28-19-24-23-17(25(19)10-11-27-2)14-6-8-21-9-7-14/h3-9,12-13H,10-11H2,1-2H3,(H,22,26)/t13-/m0/s1. The van der Waals surface area contributed by atoms with E-state index in [0.717, 1.165) is 5.56 Å². The number of hydrogen-bond donors (Lipinski definition) is 1. The maximum atomic E-state index is 12.6. The van der Waals surface area contributed by atoms with Crippen LogP contribution in [0.3, 0.4) is 0 Å². The molecule has 1 N–H and O–H groups in total. The first-order valence-electron chi connectivity index (χ1n) is 8.64. The number of carbonyl (C=O) groups is 1. The molecule has 2 aromatic heterocycles. The molecule has 28 heavy (non-hydrogen) atoms. The summed E-state index contributed by atoms with van der Waals surface area (Å²) in [6.07, 6.45) is 3.41. The van der Waals surface area contributed by atoms with Gasteiger partial charge in [-0.1, -0.05) is 29.4 Å². The zero-order valence-electron chi connectivity index (χ0n) is 15.5. The van der Waals surface area contributed by atoms with Crippen molar-refractivity contribution in [1.82, 2.24) is 19.7 Å². The molecule has 2 heterocycles. The summed E-state index contributed by atoms with van der Waals surface area (Å²) in [6, 6.07) is 10.8. The molecule has 0 radical (unpaired) electrons. The van der Waals surface area contributed by atoms with Crippen LogP contribution in [0, 0.1) is 0 Å². The number of amides is 1. The highest BCUT2D eigenvalue weighted by Crippen LogP contribution is 2.27. The molecule has 1 amide bonds. The molecule has 0 saturated heterocycles. The van der Waals surface area contributed by atoms with Gasteiger partial charge in [-0.05, 0) is 37.3 Å². The Morgan fingerprint density at radius 2 is 2.07 bits per heavy atom. The van der Waals surface area contributed by atoms with Gasteiger partial charge in [-0.3, -0.25) is 14.3 Å². The monoisotopic (exact) mass is 417 g/mol. The lowest BCUT2D eigenvalue weighted by Crippen LogP contribution is -2.23. The molecule has 146 valence electrons. The van der Waals surface area contributed by atoms with Crippen molar-refractivity contribution in [2.24, 2.45) is 0 Å². The zero-order chi connectivity index (χ0) is 19.9. The SMILES string of the molecule is COCCn1c(S[C@@H](C)C(=O)Nc2cccc(Cl)c2)nnc1-c1ccncc1. The van der Waals surface area contributed by atoms with Crippen LogP contribution in [-0.2, 0) is 16.1 Å². The number of pyridine rings is 1. The van der Waals surface area contributed by atoms with E-state index in [1.807, 2.05) is 23.6 Å². The Bertz CT molecular complexity index is 935. The predicted octanol–water partition coefficient (Wildman–Crippen LogP) is 3.76. The largest absolute Gasteiger partial charge is 0.383 e. The van der Waals surface area contributed by atoms with Crippen LogP contribution in [0.25, 0.3) is 11.4 Å². The quantitative estimate of drug-likeness (QED) is 0.562. The van der Waals surface area contributed by atoms with E-state index >= 15 is 0 Å². The first kappa shape index (κ1) is 20.3. The van der Waals surface area contributed by atoms with Crippen LogP contribution in [0.1, 0.15) is 6.92 Å². The molecule has 0 aliphatic carbocycles. The number of nitrogens with zero attached hydrogens (tertiary/aromatic N) is 4. The summed E-state index contributed by atoms with van der Waals surface area (Å²) in [6.45, 7) is 2.91. The van der Waals surface area contributed by atoms with E-state index in [9.17, 15) is 4.79 Å². The average Bonchev–Trinajstić information content (AvgIpc) is 3.09. The molecule has 0 saturated carbocycles. The van der Waals surface area contributed by atoms with Crippen LogP contribution in [-0.4, -0.2) is 44.6 Å². The lowest BCUT2D eigenvalue weighted by molar-refractivity contribution is -0.115. The first-order chi connectivity index (χ1) is 13.6. The number of aromatic nitrogens is 4. The van der Waals surface area contributed by atoms with E-state index in [4.69, 9.17) is 16.3 Å². The number of halogens is 1. The van der Waals surface area contributed by atoms with Gasteiger partial charge in [0.2, 0.25) is 5.91 Å². The predicted molar refractivity (Wildman–Crippen MR) is 111 cm³/mol. The molecule has 1 aromatic carbocycles. The van der Waals surface area contributed by atoms with Crippen LogP contribution in [0.4, 0.5) is 5.69 Å². The molecule has 7 nitrogen and oxygen atoms in total. The highest BCUT2D eigenvalue weighted by atomic mass is 35.5. The van der Waals surface area contributed by atoms with E-state index < -0.39 is 0 Å². The summed E-state index contributed by atoms with van der Waals surface area (Å²) in [7, 11) is 1.64. The van der Waals surface area contributed by atoms with E-state index in [1.165, 1.54) is 11.8 Å². The van der Waals surface area contributed by atoms with Crippen LogP contribution in [0.2, 0.25) is 5.02 Å². The maximum absolute atomic E-state index is 12.6. The Morgan fingerprint density at radius 1 is 1.29 bits per heavy atom. The third kappa shape index (κ3) is 5.09. The fourth-order valence-corrected chi connectivity index (χ4v) is 3.56. The minimum absolute atomic E-state index is 0.140. The second kappa shape index (κ2) is 9.68. The van der Waals surface area contributed by atoms with Crippen molar-refractivity contribution >= 4 is 35.0 Å². The molecule has 9 heteroatoms. The second-order valence-electron chi connectivity index (χ2n) is 5.95. The third-order valence-electron chi connectivity index (χ3n) is 3.92. The van der Waals surface area contributed by atoms with Crippen molar-refractivity contribution in [2.45, 2.75) is 23.9 Å². The molecule has 0 aliphatic heterocycles. The molecular formula is C19H20ClN5O2S. The van der Waals surface area contributed by atoms with E-state index in [2.05, 4.69) is 20.5 Å². The number of hydrogen-bond acceptors (Lipinski definition) is 6. The lowest BCUT2D eigenvalue weighted by Gasteiger charge is -2.14. The highest BCUT2D eigenvalue weighted by Gasteiger charge is 2.21. The van der Waals surface area contributed by atoms with Crippen molar-refractivity contribution < 1.29 is 9.53 Å². The van der Waals surface area contributed by atoms with Crippen molar-refractivity contribution in [2.75, 3.05) is 19.0 Å². The zero-order valence-corrected chi connectivity index (χ0v) is 17.1. The number of methoxy groups -OCH3 is 1. The summed E-state index contributed by atoms with van der Waals surface area (Å²) in [4.78, 5) is 16.6. The summed E-state index contributed by atoms with van der Waals surface area (Å²) in [5, 5.41) is 12.3. The summed E-state index contributed by atoms with van der Waals surface area (Å²) in [5.41, 5.74) is 1.56. The minimum Gasteiger partial charge on any atom is -0.383 e. The first-order valence-corrected chi connectivity index (χ1v) is 9.90. The molecule has 0 spiro atoms. The number of anilines is 1. The molecule has 0 fully saturated rings. The molecule has 0 bridgehead atoms. The van der Waals surface area contributed by atoms with E-state index in [0.29, 0.717) is 34.8 Å². The Hall–Kier alpha value is -2.42. The number of ether oxygens (including phenoxy) is 1. The fourth-order valence-electron chi connectivity index (χ4n) is 2.50. The number of carbonyl (C=O) groups excluding carboxylic acids is 1. The summed E-state index contributed by atoms with van der Waals surface area (Å²) < 4.78 is 7.16. The molecule has 0 aliphatic rings. The van der Waals surface area contributed by atoms with Crippen LogP contribution < -0.4 is 5.32 Å². The van der Waals surface area contributed by atoms with Gasteiger partial charge in [0, 0.05) is 35.8 Å². The van der Waals surface area contributed by atoms with Crippen molar-refractivity contribution in [1.29, 1.82) is 0 Å². The van der Waals surface area contributed by atoms with Crippen LogP contribution >= 0.6 is 23.4 Å². The number of thioether (sulfide) groups is 1. The Balaban J connectivity index is 1.77. The molecule has 3 rings (SSSR count). The van der Waals surface area contributed by atoms with Gasteiger partial charge >= 0.3 is 0 Å². The molecular weight excluding hydrogens is 398 g/mol. The lowest BCUT2D eigenvalue weighted by atomic mass is 10.2. The Morgan fingerprint density at radius 3 is 2.79 bits per heavy atom. The number of rotatable bonds is 8. The Labute approximate surface area is 172 Å². The van der Waals surface area contributed by atoms with Gasteiger partial charge in [-0.15, -0.1) is 10.2 Å². The van der Waals surface area contributed by atoms with Crippen LogP contribution in [0.5, 0.6) is 0 Å². The Kier molecular flexibility index (Phi) is 7.02. The number of benzene rings is 1. The summed E-state index contributed by atoms with van der Waals surface area (Å²) in [5.74, 6) is 0.573. The van der Waals surface area contributed by atoms with Crippen molar-refractivity contribution in [3.05, 3.63) is 53.8 Å². The van der Waals surface area contributed by atoms with Crippen LogP contribution in [0.15, 0.2) is 53.9 Å². The summed E-state index contributed by atoms with van der Waals surface area (Å²) >= 11 is 7.31. The molecule has 3 aromatic rings. The van der Waals surface area contributed by atoms with Gasteiger partial charge in [-0.25, -0.2) is 0 Å². The van der Waals surface area contributed by atoms with Gasteiger partial charge in [0.25, 0.3) is 0 Å². The van der Waals surface area contributed by atoms with E-state index in [1.54, 1.807) is 43.8 Å². The van der Waals surface area contributed by atoms with Gasteiger partial charge in [-0.2, -0.15) is 0 Å². The highest BCUT2D eigenvalue weighted by molar-refractivity contribution is 8.00. The topological polar surface area (TPSA) is 81.9 Å². The maximum Gasteiger partial charge on any atom is 0.237 e. The van der Waals surface area contributed by atoms with Crippen molar-refractivity contribution in [3.8, 4) is 11.4 Å². The molecule has 1 atom stereocenters.